The van der Waals surface area contributed by atoms with Crippen LogP contribution in [0.15, 0.2) is 42.5 Å². The summed E-state index contributed by atoms with van der Waals surface area (Å²) in [5.41, 5.74) is 3.23. The molecule has 0 saturated heterocycles. The number of ether oxygens (including phenoxy) is 3. The van der Waals surface area contributed by atoms with Crippen molar-refractivity contribution in [2.45, 2.75) is 27.2 Å². The molecule has 2 aromatic rings. The van der Waals surface area contributed by atoms with Gasteiger partial charge in [0.15, 0.2) is 6.61 Å². The lowest BCUT2D eigenvalue weighted by molar-refractivity contribution is -0.145. The zero-order chi connectivity index (χ0) is 21.2. The summed E-state index contributed by atoms with van der Waals surface area (Å²) in [4.78, 5) is 24.3. The summed E-state index contributed by atoms with van der Waals surface area (Å²) in [6, 6.07) is 13.2. The van der Waals surface area contributed by atoms with E-state index < -0.39 is 5.92 Å². The maximum absolute atomic E-state index is 12.1. The van der Waals surface area contributed by atoms with Gasteiger partial charge in [-0.25, -0.2) is 0 Å². The number of hydrogen-bond acceptors (Lipinski definition) is 5. The second-order valence-electron chi connectivity index (χ2n) is 6.84. The van der Waals surface area contributed by atoms with Gasteiger partial charge in [-0.15, -0.1) is 0 Å². The van der Waals surface area contributed by atoms with Gasteiger partial charge in [0.05, 0.1) is 19.6 Å². The quantitative estimate of drug-likeness (QED) is 0.621. The Morgan fingerprint density at radius 3 is 2.28 bits per heavy atom. The summed E-state index contributed by atoms with van der Waals surface area (Å²) < 4.78 is 15.8. The number of benzene rings is 2. The molecule has 0 aliphatic heterocycles. The molecule has 29 heavy (non-hydrogen) atoms. The topological polar surface area (TPSA) is 73.9 Å². The number of amides is 1. The highest BCUT2D eigenvalue weighted by atomic mass is 16.5. The van der Waals surface area contributed by atoms with Crippen molar-refractivity contribution in [3.8, 4) is 11.5 Å². The Morgan fingerprint density at radius 1 is 0.966 bits per heavy atom. The molecule has 0 heterocycles. The van der Waals surface area contributed by atoms with E-state index in [1.54, 1.807) is 0 Å². The summed E-state index contributed by atoms with van der Waals surface area (Å²) in [5.74, 6) is 0.284. The van der Waals surface area contributed by atoms with Crippen molar-refractivity contribution in [1.29, 1.82) is 0 Å². The van der Waals surface area contributed by atoms with Gasteiger partial charge in [0.1, 0.15) is 11.5 Å². The van der Waals surface area contributed by atoms with Gasteiger partial charge in [-0.3, -0.25) is 9.59 Å². The third-order valence-corrected chi connectivity index (χ3v) is 4.64. The van der Waals surface area contributed by atoms with E-state index in [1.165, 1.54) is 7.11 Å². The molecule has 2 aromatic carbocycles. The Bertz CT molecular complexity index is 817. The van der Waals surface area contributed by atoms with Gasteiger partial charge in [-0.2, -0.15) is 0 Å². The molecular formula is C23H29NO5. The minimum Gasteiger partial charge on any atom is -0.494 e. The van der Waals surface area contributed by atoms with Crippen LogP contribution in [0.4, 0.5) is 0 Å². The highest BCUT2D eigenvalue weighted by Gasteiger charge is 2.21. The van der Waals surface area contributed by atoms with Crippen molar-refractivity contribution in [2.24, 2.45) is 5.92 Å². The first-order valence-electron chi connectivity index (χ1n) is 9.69. The van der Waals surface area contributed by atoms with Crippen LogP contribution in [0, 0.1) is 19.8 Å². The van der Waals surface area contributed by atoms with Crippen molar-refractivity contribution in [3.63, 3.8) is 0 Å². The summed E-state index contributed by atoms with van der Waals surface area (Å²) in [6.07, 6.45) is 0.456. The molecule has 0 fully saturated rings. The Morgan fingerprint density at radius 2 is 1.66 bits per heavy atom. The second kappa shape index (κ2) is 11.1. The van der Waals surface area contributed by atoms with E-state index >= 15 is 0 Å². The molecule has 2 rings (SSSR count). The Balaban J connectivity index is 1.87. The molecule has 0 radical (unpaired) electrons. The first-order chi connectivity index (χ1) is 13.9. The Kier molecular flexibility index (Phi) is 8.52. The monoisotopic (exact) mass is 399 g/mol. The van der Waals surface area contributed by atoms with Gasteiger partial charge in [0, 0.05) is 6.54 Å². The van der Waals surface area contributed by atoms with Gasteiger partial charge in [0.25, 0.3) is 5.91 Å². The van der Waals surface area contributed by atoms with E-state index in [1.807, 2.05) is 63.2 Å². The maximum atomic E-state index is 12.1. The second-order valence-corrected chi connectivity index (χ2v) is 6.84. The maximum Gasteiger partial charge on any atom is 0.310 e. The lowest BCUT2D eigenvalue weighted by Gasteiger charge is -2.16. The van der Waals surface area contributed by atoms with Crippen molar-refractivity contribution in [2.75, 3.05) is 26.9 Å². The molecule has 6 heteroatoms. The normalized spacial score (nSPS) is 11.4. The molecular weight excluding hydrogens is 370 g/mol. The van der Waals surface area contributed by atoms with E-state index in [-0.39, 0.29) is 25.0 Å². The summed E-state index contributed by atoms with van der Waals surface area (Å²) in [5, 5.41) is 2.76. The lowest BCUT2D eigenvalue weighted by atomic mass is 9.99. The first kappa shape index (κ1) is 22.3. The van der Waals surface area contributed by atoms with Crippen molar-refractivity contribution in [3.05, 3.63) is 59.2 Å². The molecule has 6 nitrogen and oxygen atoms in total. The Labute approximate surface area is 172 Å². The molecule has 0 aliphatic carbocycles. The van der Waals surface area contributed by atoms with Gasteiger partial charge in [0.2, 0.25) is 0 Å². The SMILES string of the molecule is CCOc1ccc(CC(CNC(=O)COc2ccc(C)c(C)c2)C(=O)OC)cc1. The standard InChI is InChI=1S/C23H29NO5/c1-5-28-20-10-7-18(8-11-20)13-19(23(26)27-4)14-24-22(25)15-29-21-9-6-16(2)17(3)12-21/h6-12,19H,5,13-15H2,1-4H3,(H,24,25). The molecule has 0 saturated carbocycles. The molecule has 0 bridgehead atoms. The van der Waals surface area contributed by atoms with Gasteiger partial charge >= 0.3 is 5.97 Å². The van der Waals surface area contributed by atoms with Crippen molar-refractivity contribution in [1.82, 2.24) is 5.32 Å². The van der Waals surface area contributed by atoms with Gasteiger partial charge in [-0.1, -0.05) is 18.2 Å². The fraction of sp³-hybridized carbons (Fsp3) is 0.391. The smallest absolute Gasteiger partial charge is 0.310 e. The number of methoxy groups -OCH3 is 1. The summed E-state index contributed by atoms with van der Waals surface area (Å²) in [6.45, 7) is 6.59. The van der Waals surface area contributed by atoms with E-state index in [4.69, 9.17) is 14.2 Å². The lowest BCUT2D eigenvalue weighted by Crippen LogP contribution is -2.37. The number of rotatable bonds is 10. The number of hydrogen-bond donors (Lipinski definition) is 1. The van der Waals surface area contributed by atoms with Crippen molar-refractivity contribution < 1.29 is 23.8 Å². The third kappa shape index (κ3) is 7.14. The number of carbonyl (C=O) groups is 2. The minimum atomic E-state index is -0.483. The van der Waals surface area contributed by atoms with Crippen LogP contribution in [0.2, 0.25) is 0 Å². The zero-order valence-corrected chi connectivity index (χ0v) is 17.5. The molecule has 0 aliphatic rings. The van der Waals surface area contributed by atoms with Gasteiger partial charge < -0.3 is 19.5 Å². The van der Waals surface area contributed by atoms with Crippen LogP contribution in [0.25, 0.3) is 0 Å². The van der Waals surface area contributed by atoms with Crippen LogP contribution < -0.4 is 14.8 Å². The predicted octanol–water partition coefficient (Wildman–Crippen LogP) is 3.23. The number of esters is 1. The van der Waals surface area contributed by atoms with E-state index in [9.17, 15) is 9.59 Å². The summed E-state index contributed by atoms with van der Waals surface area (Å²) >= 11 is 0. The van der Waals surface area contributed by atoms with E-state index in [0.29, 0.717) is 18.8 Å². The number of aryl methyl sites for hydroxylation is 2. The van der Waals surface area contributed by atoms with Crippen LogP contribution in [-0.2, 0) is 20.7 Å². The molecule has 1 unspecified atom stereocenters. The predicted molar refractivity (Wildman–Crippen MR) is 111 cm³/mol. The largest absolute Gasteiger partial charge is 0.494 e. The molecule has 0 spiro atoms. The zero-order valence-electron chi connectivity index (χ0n) is 17.5. The van der Waals surface area contributed by atoms with Crippen LogP contribution in [0.5, 0.6) is 11.5 Å². The summed E-state index contributed by atoms with van der Waals surface area (Å²) in [7, 11) is 1.35. The van der Waals surface area contributed by atoms with E-state index in [0.717, 1.165) is 22.4 Å². The molecule has 1 amide bonds. The third-order valence-electron chi connectivity index (χ3n) is 4.64. The highest BCUT2D eigenvalue weighted by Crippen LogP contribution is 2.17. The van der Waals surface area contributed by atoms with Crippen molar-refractivity contribution >= 4 is 11.9 Å². The molecule has 156 valence electrons. The number of carbonyl (C=O) groups excluding carboxylic acids is 2. The van der Waals surface area contributed by atoms with Crippen LogP contribution in [-0.4, -0.2) is 38.7 Å². The van der Waals surface area contributed by atoms with Gasteiger partial charge in [-0.05, 0) is 68.1 Å². The molecule has 1 N–H and O–H groups in total. The highest BCUT2D eigenvalue weighted by molar-refractivity contribution is 5.79. The average Bonchev–Trinajstić information content (AvgIpc) is 2.72. The number of nitrogens with one attached hydrogen (secondary N) is 1. The fourth-order valence-electron chi connectivity index (χ4n) is 2.82. The molecule has 0 aromatic heterocycles. The minimum absolute atomic E-state index is 0.112. The first-order valence-corrected chi connectivity index (χ1v) is 9.69. The van der Waals surface area contributed by atoms with Crippen LogP contribution in [0.3, 0.4) is 0 Å². The average molecular weight is 399 g/mol. The van der Waals surface area contributed by atoms with Crippen LogP contribution in [0.1, 0.15) is 23.6 Å². The fourth-order valence-corrected chi connectivity index (χ4v) is 2.82. The molecule has 1 atom stereocenters. The van der Waals surface area contributed by atoms with Crippen LogP contribution >= 0.6 is 0 Å². The Hall–Kier alpha value is -3.02. The van der Waals surface area contributed by atoms with E-state index in [2.05, 4.69) is 5.32 Å².